The molecule has 0 aliphatic rings. The second kappa shape index (κ2) is 8.03. The number of fused-ring (bicyclic) bond motifs is 1. The van der Waals surface area contributed by atoms with Gasteiger partial charge in [0.1, 0.15) is 11.4 Å². The molecular formula is C23H16N6O2. The van der Waals surface area contributed by atoms with Crippen LogP contribution >= 0.6 is 0 Å². The van der Waals surface area contributed by atoms with Gasteiger partial charge in [-0.15, -0.1) is 10.2 Å². The average Bonchev–Trinajstić information content (AvgIpc) is 3.35. The minimum Gasteiger partial charge on any atom is -0.438 e. The Morgan fingerprint density at radius 1 is 0.839 bits per heavy atom. The number of anilines is 1. The number of ether oxygens (including phenoxy) is 1. The molecule has 0 atom stereocenters. The van der Waals surface area contributed by atoms with E-state index in [1.165, 1.54) is 6.20 Å². The number of nitrogens with one attached hydrogen (secondary N) is 1. The van der Waals surface area contributed by atoms with E-state index in [0.29, 0.717) is 28.7 Å². The van der Waals surface area contributed by atoms with E-state index < -0.39 is 0 Å². The number of hydrogen-bond acceptors (Lipinski definition) is 6. The maximum atomic E-state index is 12.5. The lowest BCUT2D eigenvalue weighted by molar-refractivity contribution is 0.102. The van der Waals surface area contributed by atoms with Crippen LogP contribution in [0.25, 0.3) is 16.9 Å². The Bertz CT molecular complexity index is 1330. The third-order valence-corrected chi connectivity index (χ3v) is 4.51. The maximum Gasteiger partial charge on any atom is 0.275 e. The van der Waals surface area contributed by atoms with Gasteiger partial charge in [-0.3, -0.25) is 9.78 Å². The van der Waals surface area contributed by atoms with Gasteiger partial charge in [-0.2, -0.15) is 0 Å². The smallest absolute Gasteiger partial charge is 0.275 e. The summed E-state index contributed by atoms with van der Waals surface area (Å²) in [5.41, 5.74) is 2.27. The van der Waals surface area contributed by atoms with Crippen LogP contribution in [0.4, 0.5) is 5.69 Å². The number of benzene rings is 2. The van der Waals surface area contributed by atoms with Gasteiger partial charge < -0.3 is 14.6 Å². The van der Waals surface area contributed by atoms with Crippen molar-refractivity contribution in [3.05, 3.63) is 97.1 Å². The van der Waals surface area contributed by atoms with Crippen molar-refractivity contribution in [2.24, 2.45) is 0 Å². The van der Waals surface area contributed by atoms with Gasteiger partial charge in [-0.05, 0) is 54.6 Å². The van der Waals surface area contributed by atoms with E-state index in [1.54, 1.807) is 30.3 Å². The normalized spacial score (nSPS) is 10.7. The Morgan fingerprint density at radius 3 is 2.35 bits per heavy atom. The van der Waals surface area contributed by atoms with Gasteiger partial charge in [0.25, 0.3) is 5.91 Å². The average molecular weight is 408 g/mol. The van der Waals surface area contributed by atoms with Crippen molar-refractivity contribution in [2.75, 3.05) is 5.32 Å². The second-order valence-electron chi connectivity index (χ2n) is 6.64. The van der Waals surface area contributed by atoms with Gasteiger partial charge in [0.05, 0.1) is 17.2 Å². The number of rotatable bonds is 5. The Morgan fingerprint density at radius 2 is 1.61 bits per heavy atom. The van der Waals surface area contributed by atoms with Crippen LogP contribution in [-0.4, -0.2) is 30.6 Å². The van der Waals surface area contributed by atoms with E-state index in [1.807, 2.05) is 59.4 Å². The number of hydrogen-bond donors (Lipinski definition) is 1. The summed E-state index contributed by atoms with van der Waals surface area (Å²) in [6.07, 6.45) is 5.24. The number of carbonyl (C=O) groups excluding carboxylic acids is 1. The molecule has 0 aliphatic heterocycles. The van der Waals surface area contributed by atoms with E-state index in [2.05, 4.69) is 25.5 Å². The Balaban J connectivity index is 1.24. The first-order valence-corrected chi connectivity index (χ1v) is 9.53. The monoisotopic (exact) mass is 408 g/mol. The van der Waals surface area contributed by atoms with Crippen LogP contribution in [0.5, 0.6) is 11.6 Å². The highest BCUT2D eigenvalue weighted by Gasteiger charge is 2.10. The van der Waals surface area contributed by atoms with E-state index >= 15 is 0 Å². The third kappa shape index (κ3) is 4.08. The van der Waals surface area contributed by atoms with Crippen LogP contribution in [0, 0.1) is 0 Å². The molecule has 1 amide bonds. The van der Waals surface area contributed by atoms with E-state index in [-0.39, 0.29) is 11.6 Å². The zero-order valence-electron chi connectivity index (χ0n) is 16.2. The van der Waals surface area contributed by atoms with E-state index in [9.17, 15) is 4.79 Å². The quantitative estimate of drug-likeness (QED) is 0.467. The highest BCUT2D eigenvalue weighted by Crippen LogP contribution is 2.22. The Labute approximate surface area is 177 Å². The molecule has 0 radical (unpaired) electrons. The molecule has 0 aliphatic carbocycles. The van der Waals surface area contributed by atoms with Crippen LogP contribution in [0.3, 0.4) is 0 Å². The first-order chi connectivity index (χ1) is 15.2. The summed E-state index contributed by atoms with van der Waals surface area (Å²) in [5, 5.41) is 11.0. The van der Waals surface area contributed by atoms with Crippen molar-refractivity contribution < 1.29 is 9.53 Å². The highest BCUT2D eigenvalue weighted by atomic mass is 16.5. The molecule has 3 heterocycles. The molecule has 2 aromatic carbocycles. The van der Waals surface area contributed by atoms with Crippen LogP contribution in [0.2, 0.25) is 0 Å². The SMILES string of the molecule is O=C(Nc1ccc(Oc2ccc(-n3cccc3)nn2)cc1)c1cnc2ccccc2n1. The number of aromatic nitrogens is 5. The summed E-state index contributed by atoms with van der Waals surface area (Å²) in [4.78, 5) is 21.1. The molecular weight excluding hydrogens is 392 g/mol. The molecule has 0 saturated heterocycles. The zero-order valence-corrected chi connectivity index (χ0v) is 16.2. The number of carbonyl (C=O) groups is 1. The van der Waals surface area contributed by atoms with Crippen molar-refractivity contribution >= 4 is 22.6 Å². The summed E-state index contributed by atoms with van der Waals surface area (Å²) in [6.45, 7) is 0. The van der Waals surface area contributed by atoms with Gasteiger partial charge in [0.2, 0.25) is 5.88 Å². The number of amides is 1. The largest absolute Gasteiger partial charge is 0.438 e. The van der Waals surface area contributed by atoms with Gasteiger partial charge >= 0.3 is 0 Å². The van der Waals surface area contributed by atoms with Crippen molar-refractivity contribution in [3.63, 3.8) is 0 Å². The molecule has 0 fully saturated rings. The molecule has 31 heavy (non-hydrogen) atoms. The lowest BCUT2D eigenvalue weighted by Gasteiger charge is -2.08. The predicted molar refractivity (Wildman–Crippen MR) is 115 cm³/mol. The highest BCUT2D eigenvalue weighted by molar-refractivity contribution is 6.03. The molecule has 0 unspecified atom stereocenters. The molecule has 0 bridgehead atoms. The third-order valence-electron chi connectivity index (χ3n) is 4.51. The van der Waals surface area contributed by atoms with Crippen molar-refractivity contribution in [1.82, 2.24) is 24.7 Å². The van der Waals surface area contributed by atoms with Crippen LogP contribution in [-0.2, 0) is 0 Å². The number of para-hydroxylation sites is 2. The molecule has 0 spiro atoms. The molecule has 5 rings (SSSR count). The summed E-state index contributed by atoms with van der Waals surface area (Å²) >= 11 is 0. The summed E-state index contributed by atoms with van der Waals surface area (Å²) < 4.78 is 7.58. The molecule has 8 nitrogen and oxygen atoms in total. The lowest BCUT2D eigenvalue weighted by atomic mass is 10.2. The first-order valence-electron chi connectivity index (χ1n) is 9.53. The summed E-state index contributed by atoms with van der Waals surface area (Å²) in [6, 6.07) is 21.8. The molecule has 3 aromatic heterocycles. The Kier molecular flexibility index (Phi) is 4.78. The first kappa shape index (κ1) is 18.4. The van der Waals surface area contributed by atoms with Crippen molar-refractivity contribution in [3.8, 4) is 17.4 Å². The van der Waals surface area contributed by atoms with Gasteiger partial charge in [-0.1, -0.05) is 12.1 Å². The topological polar surface area (TPSA) is 94.8 Å². The minimum atomic E-state index is -0.335. The molecule has 0 saturated carbocycles. The predicted octanol–water partition coefficient (Wildman–Crippen LogP) is 4.26. The van der Waals surface area contributed by atoms with Crippen molar-refractivity contribution in [1.29, 1.82) is 0 Å². The fourth-order valence-corrected chi connectivity index (χ4v) is 2.98. The molecule has 150 valence electrons. The van der Waals surface area contributed by atoms with E-state index in [0.717, 1.165) is 5.52 Å². The van der Waals surface area contributed by atoms with Gasteiger partial charge in [0.15, 0.2) is 5.82 Å². The minimum absolute atomic E-state index is 0.247. The maximum absolute atomic E-state index is 12.5. The lowest BCUT2D eigenvalue weighted by Crippen LogP contribution is -2.14. The number of nitrogens with zero attached hydrogens (tertiary/aromatic N) is 5. The molecule has 5 aromatic rings. The zero-order chi connectivity index (χ0) is 21.0. The molecule has 1 N–H and O–H groups in total. The van der Waals surface area contributed by atoms with Gasteiger partial charge in [-0.25, -0.2) is 4.98 Å². The fourth-order valence-electron chi connectivity index (χ4n) is 2.98. The van der Waals surface area contributed by atoms with Crippen LogP contribution < -0.4 is 10.1 Å². The van der Waals surface area contributed by atoms with Gasteiger partial charge in [0, 0.05) is 24.1 Å². The standard InChI is InChI=1S/C23H16N6O2/c30-23(20-15-24-18-5-1-2-6-19(18)26-20)25-16-7-9-17(10-8-16)31-22-12-11-21(27-28-22)29-13-3-4-14-29/h1-15H,(H,25,30). The fraction of sp³-hybridized carbons (Fsp3) is 0. The van der Waals surface area contributed by atoms with Crippen LogP contribution in [0.1, 0.15) is 10.5 Å². The Hall–Kier alpha value is -4.59. The summed E-state index contributed by atoms with van der Waals surface area (Å²) in [7, 11) is 0. The van der Waals surface area contributed by atoms with Crippen LogP contribution in [0.15, 0.2) is 91.4 Å². The second-order valence-corrected chi connectivity index (χ2v) is 6.64. The van der Waals surface area contributed by atoms with Crippen molar-refractivity contribution in [2.45, 2.75) is 0 Å². The van der Waals surface area contributed by atoms with E-state index in [4.69, 9.17) is 4.74 Å². The molecule has 8 heteroatoms. The summed E-state index contributed by atoms with van der Waals surface area (Å²) in [5.74, 6) is 1.32.